The first-order valence-electron chi connectivity index (χ1n) is 13.0. The molecule has 6 rings (SSSR count). The van der Waals surface area contributed by atoms with Crippen LogP contribution in [0.4, 0.5) is 5.69 Å². The molecule has 2 aromatic heterocycles. The highest BCUT2D eigenvalue weighted by Crippen LogP contribution is 2.39. The Morgan fingerprint density at radius 1 is 0.919 bits per heavy atom. The first-order valence-corrected chi connectivity index (χ1v) is 13.0. The number of hydrogen-bond donors (Lipinski definition) is 1. The smallest absolute Gasteiger partial charge is 0.273 e. The van der Waals surface area contributed by atoms with Crippen LogP contribution in [-0.4, -0.2) is 22.0 Å². The number of methoxy groups -OCH3 is 1. The fraction of sp³-hybridized carbons (Fsp3) is 0.219. The third-order valence-electron chi connectivity index (χ3n) is 7.42. The largest absolute Gasteiger partial charge is 0.497 e. The summed E-state index contributed by atoms with van der Waals surface area (Å²) < 4.78 is 9.83. The summed E-state index contributed by atoms with van der Waals surface area (Å²) in [6.45, 7) is 3.10. The SMILES string of the molecule is CCc1ccc(-c2c3c4n(c(-c5ccccc5)cn4c2C(=O)Nc2ccc(OC)cc2)CCCC3)cc1. The molecule has 0 radical (unpaired) electrons. The van der Waals surface area contributed by atoms with Crippen molar-refractivity contribution in [3.05, 3.63) is 102 Å². The van der Waals surface area contributed by atoms with Crippen LogP contribution in [0.25, 0.3) is 28.0 Å². The van der Waals surface area contributed by atoms with Gasteiger partial charge >= 0.3 is 0 Å². The lowest BCUT2D eigenvalue weighted by Gasteiger charge is -2.11. The molecule has 3 aromatic carbocycles. The number of aromatic nitrogens is 2. The zero-order valence-corrected chi connectivity index (χ0v) is 21.3. The third-order valence-corrected chi connectivity index (χ3v) is 7.42. The van der Waals surface area contributed by atoms with Crippen molar-refractivity contribution in [1.82, 2.24) is 8.97 Å². The van der Waals surface area contributed by atoms with E-state index in [-0.39, 0.29) is 5.91 Å². The maximum atomic E-state index is 14.0. The van der Waals surface area contributed by atoms with E-state index in [0.717, 1.165) is 71.7 Å². The molecule has 0 saturated heterocycles. The molecule has 0 atom stereocenters. The summed E-state index contributed by atoms with van der Waals surface area (Å²) in [7, 11) is 1.64. The van der Waals surface area contributed by atoms with Gasteiger partial charge in [-0.05, 0) is 66.6 Å². The lowest BCUT2D eigenvalue weighted by atomic mass is 9.96. The quantitative estimate of drug-likeness (QED) is 0.273. The average molecular weight is 490 g/mol. The van der Waals surface area contributed by atoms with E-state index in [0.29, 0.717) is 5.69 Å². The summed E-state index contributed by atoms with van der Waals surface area (Å²) in [4.78, 5) is 14.0. The molecular weight excluding hydrogens is 458 g/mol. The minimum atomic E-state index is -0.113. The van der Waals surface area contributed by atoms with Crippen molar-refractivity contribution in [2.24, 2.45) is 0 Å². The number of ether oxygens (including phenoxy) is 1. The topological polar surface area (TPSA) is 47.7 Å². The van der Waals surface area contributed by atoms with E-state index < -0.39 is 0 Å². The summed E-state index contributed by atoms with van der Waals surface area (Å²) >= 11 is 0. The average Bonchev–Trinajstić information content (AvgIpc) is 3.37. The third kappa shape index (κ3) is 4.10. The van der Waals surface area contributed by atoms with Crippen molar-refractivity contribution in [1.29, 1.82) is 0 Å². The van der Waals surface area contributed by atoms with E-state index in [4.69, 9.17) is 4.74 Å². The van der Waals surface area contributed by atoms with Gasteiger partial charge in [0.15, 0.2) is 0 Å². The molecule has 0 saturated carbocycles. The number of carbonyl (C=O) groups is 1. The van der Waals surface area contributed by atoms with Gasteiger partial charge in [-0.2, -0.15) is 0 Å². The van der Waals surface area contributed by atoms with E-state index >= 15 is 0 Å². The summed E-state index contributed by atoms with van der Waals surface area (Å²) in [6.07, 6.45) is 6.28. The van der Waals surface area contributed by atoms with Crippen molar-refractivity contribution in [2.45, 2.75) is 39.2 Å². The van der Waals surface area contributed by atoms with Crippen LogP contribution in [0.2, 0.25) is 0 Å². The number of amides is 1. The van der Waals surface area contributed by atoms with Gasteiger partial charge in [0.05, 0.1) is 12.8 Å². The van der Waals surface area contributed by atoms with Crippen LogP contribution < -0.4 is 10.1 Å². The molecule has 5 aromatic rings. The summed E-state index contributed by atoms with van der Waals surface area (Å²) in [6, 6.07) is 26.6. The second-order valence-corrected chi connectivity index (χ2v) is 9.62. The second kappa shape index (κ2) is 9.66. The molecule has 37 heavy (non-hydrogen) atoms. The molecule has 0 bridgehead atoms. The minimum Gasteiger partial charge on any atom is -0.497 e. The van der Waals surface area contributed by atoms with Crippen LogP contribution >= 0.6 is 0 Å². The molecule has 186 valence electrons. The van der Waals surface area contributed by atoms with Crippen LogP contribution in [0.5, 0.6) is 5.75 Å². The van der Waals surface area contributed by atoms with Crippen molar-refractivity contribution in [3.63, 3.8) is 0 Å². The number of imidazole rings is 1. The predicted octanol–water partition coefficient (Wildman–Crippen LogP) is 7.23. The Morgan fingerprint density at radius 2 is 1.68 bits per heavy atom. The Labute approximate surface area is 217 Å². The van der Waals surface area contributed by atoms with Crippen LogP contribution in [0, 0.1) is 0 Å². The minimum absolute atomic E-state index is 0.113. The van der Waals surface area contributed by atoms with Gasteiger partial charge < -0.3 is 14.6 Å². The monoisotopic (exact) mass is 489 g/mol. The van der Waals surface area contributed by atoms with Crippen molar-refractivity contribution >= 4 is 17.2 Å². The van der Waals surface area contributed by atoms with E-state index in [9.17, 15) is 4.79 Å². The zero-order valence-electron chi connectivity index (χ0n) is 21.3. The Kier molecular flexibility index (Phi) is 6.05. The van der Waals surface area contributed by atoms with Gasteiger partial charge in [-0.15, -0.1) is 0 Å². The molecule has 5 heteroatoms. The van der Waals surface area contributed by atoms with E-state index in [1.807, 2.05) is 30.3 Å². The van der Waals surface area contributed by atoms with Gasteiger partial charge in [0.1, 0.15) is 17.1 Å². The molecule has 0 unspecified atom stereocenters. The van der Waals surface area contributed by atoms with E-state index in [2.05, 4.69) is 75.9 Å². The van der Waals surface area contributed by atoms with Crippen molar-refractivity contribution in [2.75, 3.05) is 12.4 Å². The molecule has 3 heterocycles. The lowest BCUT2D eigenvalue weighted by molar-refractivity contribution is 0.102. The van der Waals surface area contributed by atoms with Gasteiger partial charge in [-0.1, -0.05) is 61.5 Å². The van der Waals surface area contributed by atoms with Crippen molar-refractivity contribution in [3.8, 4) is 28.1 Å². The molecule has 1 aliphatic rings. The Bertz CT molecular complexity index is 1560. The van der Waals surface area contributed by atoms with E-state index in [1.165, 1.54) is 11.1 Å². The summed E-state index contributed by atoms with van der Waals surface area (Å²) in [5.74, 6) is 0.645. The zero-order chi connectivity index (χ0) is 25.4. The van der Waals surface area contributed by atoms with Crippen molar-refractivity contribution < 1.29 is 9.53 Å². The Hall–Kier alpha value is -4.25. The number of aryl methyl sites for hydroxylation is 3. The van der Waals surface area contributed by atoms with Gasteiger partial charge in [0.2, 0.25) is 0 Å². The maximum absolute atomic E-state index is 14.0. The van der Waals surface area contributed by atoms with Crippen LogP contribution in [0.1, 0.15) is 41.4 Å². The van der Waals surface area contributed by atoms with Crippen LogP contribution in [0.15, 0.2) is 85.1 Å². The van der Waals surface area contributed by atoms with Gasteiger partial charge in [-0.25, -0.2) is 0 Å². The molecule has 1 aliphatic heterocycles. The van der Waals surface area contributed by atoms with Gasteiger partial charge in [0, 0.05) is 29.6 Å². The number of nitrogens with zero attached hydrogens (tertiary/aromatic N) is 2. The normalized spacial score (nSPS) is 12.9. The molecule has 1 amide bonds. The molecule has 0 fully saturated rings. The lowest BCUT2D eigenvalue weighted by Crippen LogP contribution is -2.15. The highest BCUT2D eigenvalue weighted by Gasteiger charge is 2.29. The number of hydrogen-bond acceptors (Lipinski definition) is 2. The fourth-order valence-corrected chi connectivity index (χ4v) is 5.53. The molecule has 0 aliphatic carbocycles. The molecule has 5 nitrogen and oxygen atoms in total. The number of anilines is 1. The standard InChI is InChI=1S/C32H31N3O2/c1-3-22-12-14-24(15-13-22)29-27-11-7-8-20-34-28(23-9-5-4-6-10-23)21-35(32(27)34)30(29)31(36)33-25-16-18-26(37-2)19-17-25/h4-6,9-10,12-19,21H,3,7-8,11,20H2,1-2H3,(H,33,36). The van der Waals surface area contributed by atoms with Crippen LogP contribution in [-0.2, 0) is 19.4 Å². The summed E-state index contributed by atoms with van der Waals surface area (Å²) in [5.41, 5.74) is 9.53. The van der Waals surface area contributed by atoms with Crippen LogP contribution in [0.3, 0.4) is 0 Å². The van der Waals surface area contributed by atoms with E-state index in [1.54, 1.807) is 7.11 Å². The molecular formula is C32H31N3O2. The Morgan fingerprint density at radius 3 is 2.38 bits per heavy atom. The number of rotatable bonds is 6. The van der Waals surface area contributed by atoms with Gasteiger partial charge in [0.25, 0.3) is 5.91 Å². The summed E-state index contributed by atoms with van der Waals surface area (Å²) in [5, 5.41) is 3.15. The highest BCUT2D eigenvalue weighted by molar-refractivity contribution is 6.10. The number of benzene rings is 3. The molecule has 0 spiro atoms. The van der Waals surface area contributed by atoms with Gasteiger partial charge in [-0.3, -0.25) is 9.20 Å². The fourth-order valence-electron chi connectivity index (χ4n) is 5.53. The maximum Gasteiger partial charge on any atom is 0.273 e. The predicted molar refractivity (Wildman–Crippen MR) is 150 cm³/mol. The molecule has 1 N–H and O–H groups in total. The highest BCUT2D eigenvalue weighted by atomic mass is 16.5. The first-order chi connectivity index (χ1) is 18.2. The number of carbonyl (C=O) groups excluding carboxylic acids is 1. The second-order valence-electron chi connectivity index (χ2n) is 9.62. The first kappa shape index (κ1) is 23.2. The number of nitrogens with one attached hydrogen (secondary N) is 1. The Balaban J connectivity index is 1.57.